The first-order valence-corrected chi connectivity index (χ1v) is 6.00. The second-order valence-corrected chi connectivity index (χ2v) is 4.46. The molecule has 0 aliphatic carbocycles. The Labute approximate surface area is 108 Å². The number of H-pyrrole nitrogens is 2. The van der Waals surface area contributed by atoms with Crippen molar-refractivity contribution in [2.24, 2.45) is 0 Å². The Hall–Kier alpha value is -2.14. The smallest absolute Gasteiger partial charge is 0.261 e. The third kappa shape index (κ3) is 1.78. The van der Waals surface area contributed by atoms with Crippen molar-refractivity contribution in [2.75, 3.05) is 0 Å². The lowest BCUT2D eigenvalue weighted by Gasteiger charge is -2.08. The van der Waals surface area contributed by atoms with Gasteiger partial charge in [-0.3, -0.25) is 14.3 Å². The van der Waals surface area contributed by atoms with E-state index in [1.54, 1.807) is 12.3 Å². The number of aromatic amines is 2. The molecule has 0 aliphatic heterocycles. The van der Waals surface area contributed by atoms with Gasteiger partial charge in [0.1, 0.15) is 5.65 Å². The maximum absolute atomic E-state index is 11.7. The van der Waals surface area contributed by atoms with Crippen LogP contribution in [0.2, 0.25) is 0 Å². The van der Waals surface area contributed by atoms with E-state index in [4.69, 9.17) is 12.2 Å². The lowest BCUT2D eigenvalue weighted by atomic mass is 10.2. The van der Waals surface area contributed by atoms with Crippen molar-refractivity contribution >= 4 is 23.3 Å². The van der Waals surface area contributed by atoms with Crippen molar-refractivity contribution in [1.82, 2.24) is 14.5 Å². The molecule has 0 amide bonds. The first kappa shape index (κ1) is 11.0. The molecular formula is C13H11N3OS. The van der Waals surface area contributed by atoms with Crippen LogP contribution in [-0.4, -0.2) is 14.5 Å². The molecule has 0 saturated heterocycles. The van der Waals surface area contributed by atoms with Crippen LogP contribution in [0.25, 0.3) is 11.0 Å². The normalized spacial score (nSPS) is 10.9. The average molecular weight is 257 g/mol. The summed E-state index contributed by atoms with van der Waals surface area (Å²) in [5.74, 6) is 0. The van der Waals surface area contributed by atoms with E-state index in [9.17, 15) is 4.79 Å². The summed E-state index contributed by atoms with van der Waals surface area (Å²) in [7, 11) is 0. The van der Waals surface area contributed by atoms with E-state index in [1.165, 1.54) is 0 Å². The molecule has 2 heterocycles. The molecule has 18 heavy (non-hydrogen) atoms. The summed E-state index contributed by atoms with van der Waals surface area (Å²) in [5.41, 5.74) is 1.74. The number of nitrogens with zero attached hydrogens (tertiary/aromatic N) is 1. The van der Waals surface area contributed by atoms with Crippen molar-refractivity contribution < 1.29 is 0 Å². The Balaban J connectivity index is 2.21. The topological polar surface area (TPSA) is 53.6 Å². The van der Waals surface area contributed by atoms with Gasteiger partial charge in [-0.15, -0.1) is 0 Å². The number of benzene rings is 1. The predicted octanol–water partition coefficient (Wildman–Crippen LogP) is 2.44. The van der Waals surface area contributed by atoms with E-state index in [0.29, 0.717) is 16.7 Å². The van der Waals surface area contributed by atoms with Gasteiger partial charge in [0.25, 0.3) is 5.56 Å². The van der Waals surface area contributed by atoms with E-state index in [2.05, 4.69) is 9.97 Å². The quantitative estimate of drug-likeness (QED) is 0.693. The highest BCUT2D eigenvalue weighted by Gasteiger charge is 2.06. The second-order valence-electron chi connectivity index (χ2n) is 4.07. The largest absolute Gasteiger partial charge is 0.347 e. The lowest BCUT2D eigenvalue weighted by Crippen LogP contribution is -2.14. The number of aromatic nitrogens is 3. The van der Waals surface area contributed by atoms with Crippen molar-refractivity contribution in [1.29, 1.82) is 0 Å². The Kier molecular flexibility index (Phi) is 2.60. The van der Waals surface area contributed by atoms with Gasteiger partial charge in [0.2, 0.25) is 0 Å². The van der Waals surface area contributed by atoms with Crippen molar-refractivity contribution in [3.05, 3.63) is 63.3 Å². The zero-order valence-corrected chi connectivity index (χ0v) is 10.3. The molecule has 2 aromatic heterocycles. The molecule has 0 spiro atoms. The predicted molar refractivity (Wildman–Crippen MR) is 73.3 cm³/mol. The van der Waals surface area contributed by atoms with Crippen molar-refractivity contribution in [3.8, 4) is 0 Å². The van der Waals surface area contributed by atoms with Crippen LogP contribution in [0.1, 0.15) is 5.56 Å². The van der Waals surface area contributed by atoms with Crippen LogP contribution in [-0.2, 0) is 6.54 Å². The molecular weight excluding hydrogens is 246 g/mol. The molecule has 3 aromatic rings. The fraction of sp³-hybridized carbons (Fsp3) is 0.0769. The van der Waals surface area contributed by atoms with Crippen LogP contribution in [0.4, 0.5) is 0 Å². The Morgan fingerprint density at radius 3 is 2.72 bits per heavy atom. The third-order valence-electron chi connectivity index (χ3n) is 2.89. The van der Waals surface area contributed by atoms with Crippen LogP contribution >= 0.6 is 12.2 Å². The summed E-state index contributed by atoms with van der Waals surface area (Å²) in [6.07, 6.45) is 1.75. The van der Waals surface area contributed by atoms with Gasteiger partial charge in [0.05, 0.1) is 11.9 Å². The summed E-state index contributed by atoms with van der Waals surface area (Å²) < 4.78 is 2.32. The lowest BCUT2D eigenvalue weighted by molar-refractivity contribution is 0.774. The number of fused-ring (bicyclic) bond motifs is 1. The zero-order valence-electron chi connectivity index (χ0n) is 9.51. The molecule has 5 heteroatoms. The Morgan fingerprint density at radius 1 is 1.17 bits per heavy atom. The van der Waals surface area contributed by atoms with E-state index in [1.807, 2.05) is 34.9 Å². The molecule has 0 atom stereocenters. The van der Waals surface area contributed by atoms with Gasteiger partial charge >= 0.3 is 0 Å². The summed E-state index contributed by atoms with van der Waals surface area (Å²) >= 11 is 5.22. The third-order valence-corrected chi connectivity index (χ3v) is 3.21. The van der Waals surface area contributed by atoms with Crippen LogP contribution in [0.15, 0.2) is 47.4 Å². The van der Waals surface area contributed by atoms with Crippen LogP contribution < -0.4 is 5.56 Å². The SMILES string of the molecule is O=c1[nH]c(=S)n(Cc2ccccc2)c2[nH]ccc12. The van der Waals surface area contributed by atoms with E-state index in [-0.39, 0.29) is 5.56 Å². The van der Waals surface area contributed by atoms with Gasteiger partial charge in [-0.1, -0.05) is 30.3 Å². The first-order valence-electron chi connectivity index (χ1n) is 5.60. The fourth-order valence-electron chi connectivity index (χ4n) is 2.02. The van der Waals surface area contributed by atoms with E-state index < -0.39 is 0 Å². The highest BCUT2D eigenvalue weighted by Crippen LogP contribution is 2.10. The summed E-state index contributed by atoms with van der Waals surface area (Å²) in [6.45, 7) is 0.632. The number of rotatable bonds is 2. The maximum atomic E-state index is 11.7. The first-order chi connectivity index (χ1) is 8.75. The van der Waals surface area contributed by atoms with Gasteiger partial charge in [0, 0.05) is 6.20 Å². The Morgan fingerprint density at radius 2 is 1.94 bits per heavy atom. The molecule has 1 aromatic carbocycles. The summed E-state index contributed by atoms with van der Waals surface area (Å²) in [5, 5.41) is 0.625. The van der Waals surface area contributed by atoms with Crippen LogP contribution in [0.3, 0.4) is 0 Å². The van der Waals surface area contributed by atoms with Gasteiger partial charge < -0.3 is 4.98 Å². The molecule has 2 N–H and O–H groups in total. The molecule has 4 nitrogen and oxygen atoms in total. The van der Waals surface area contributed by atoms with E-state index in [0.717, 1.165) is 11.2 Å². The monoisotopic (exact) mass is 257 g/mol. The van der Waals surface area contributed by atoms with Gasteiger partial charge in [-0.05, 0) is 23.8 Å². The summed E-state index contributed by atoms with van der Waals surface area (Å²) in [6, 6.07) is 11.8. The minimum absolute atomic E-state index is 0.152. The van der Waals surface area contributed by atoms with Gasteiger partial charge in [-0.25, -0.2) is 0 Å². The number of hydrogen-bond donors (Lipinski definition) is 2. The van der Waals surface area contributed by atoms with Gasteiger partial charge in [0.15, 0.2) is 4.77 Å². The highest BCUT2D eigenvalue weighted by atomic mass is 32.1. The molecule has 0 fully saturated rings. The van der Waals surface area contributed by atoms with Crippen LogP contribution in [0.5, 0.6) is 0 Å². The molecule has 3 rings (SSSR count). The minimum atomic E-state index is -0.152. The van der Waals surface area contributed by atoms with Crippen molar-refractivity contribution in [3.63, 3.8) is 0 Å². The number of nitrogens with one attached hydrogen (secondary N) is 2. The molecule has 0 aliphatic rings. The fourth-order valence-corrected chi connectivity index (χ4v) is 2.27. The van der Waals surface area contributed by atoms with Gasteiger partial charge in [-0.2, -0.15) is 0 Å². The molecule has 0 radical (unpaired) electrons. The molecule has 0 saturated carbocycles. The molecule has 0 bridgehead atoms. The zero-order chi connectivity index (χ0) is 12.5. The number of hydrogen-bond acceptors (Lipinski definition) is 2. The molecule has 0 unspecified atom stereocenters. The average Bonchev–Trinajstić information content (AvgIpc) is 2.85. The Bertz CT molecular complexity index is 798. The standard InChI is InChI=1S/C13H11N3OS/c17-12-10-6-7-14-11(10)16(13(18)15-12)8-9-4-2-1-3-5-9/h1-7,14H,8H2,(H,15,17,18). The van der Waals surface area contributed by atoms with Crippen molar-refractivity contribution in [2.45, 2.75) is 6.54 Å². The molecule has 90 valence electrons. The minimum Gasteiger partial charge on any atom is -0.347 e. The maximum Gasteiger partial charge on any atom is 0.261 e. The highest BCUT2D eigenvalue weighted by molar-refractivity contribution is 7.71. The second kappa shape index (κ2) is 4.27. The van der Waals surface area contributed by atoms with E-state index >= 15 is 0 Å². The van der Waals surface area contributed by atoms with Crippen LogP contribution in [0, 0.1) is 4.77 Å². The summed E-state index contributed by atoms with van der Waals surface area (Å²) in [4.78, 5) is 17.5.